The number of carbonyl (C=O) groups is 1. The van der Waals surface area contributed by atoms with Gasteiger partial charge in [0, 0.05) is 24.4 Å². The van der Waals surface area contributed by atoms with Crippen molar-refractivity contribution in [3.8, 4) is 17.2 Å². The minimum atomic E-state index is -4.45. The van der Waals surface area contributed by atoms with E-state index in [1.807, 2.05) is 0 Å². The molecule has 0 saturated heterocycles. The maximum absolute atomic E-state index is 13.1. The van der Waals surface area contributed by atoms with Gasteiger partial charge in [-0.05, 0) is 18.7 Å². The monoisotopic (exact) mass is 412 g/mol. The van der Waals surface area contributed by atoms with Crippen molar-refractivity contribution < 1.29 is 32.2 Å². The Balaban J connectivity index is 2.08. The second kappa shape index (κ2) is 9.51. The number of ether oxygens (including phenoxy) is 3. The molecule has 0 aliphatic carbocycles. The van der Waals surface area contributed by atoms with Gasteiger partial charge in [-0.2, -0.15) is 13.2 Å². The van der Waals surface area contributed by atoms with Crippen molar-refractivity contribution >= 4 is 11.6 Å². The van der Waals surface area contributed by atoms with Crippen LogP contribution in [-0.4, -0.2) is 45.7 Å². The smallest absolute Gasteiger partial charge is 0.416 e. The topological polar surface area (TPSA) is 60.0 Å². The Morgan fingerprint density at radius 1 is 1.03 bits per heavy atom. The Bertz CT molecular complexity index is 831. The van der Waals surface area contributed by atoms with Crippen LogP contribution in [0.5, 0.6) is 17.2 Å². The van der Waals surface area contributed by atoms with E-state index in [2.05, 4.69) is 5.32 Å². The molecular weight excluding hydrogens is 389 g/mol. The molecule has 9 heteroatoms. The summed E-state index contributed by atoms with van der Waals surface area (Å²) in [5.41, 5.74) is -0.200. The molecule has 6 nitrogen and oxygen atoms in total. The van der Waals surface area contributed by atoms with Crippen LogP contribution in [0.2, 0.25) is 0 Å². The molecule has 2 rings (SSSR count). The van der Waals surface area contributed by atoms with Crippen molar-refractivity contribution in [2.24, 2.45) is 0 Å². The van der Waals surface area contributed by atoms with Gasteiger partial charge in [0.05, 0.1) is 33.4 Å². The number of amides is 1. The predicted molar refractivity (Wildman–Crippen MR) is 103 cm³/mol. The molecule has 0 atom stereocenters. The molecule has 2 aromatic carbocycles. The number of alkyl halides is 3. The summed E-state index contributed by atoms with van der Waals surface area (Å²) >= 11 is 0. The fraction of sp³-hybridized carbons (Fsp3) is 0.350. The molecule has 0 aliphatic rings. The van der Waals surface area contributed by atoms with E-state index in [1.165, 1.54) is 44.4 Å². The van der Waals surface area contributed by atoms with Gasteiger partial charge in [0.2, 0.25) is 11.7 Å². The second-order valence-electron chi connectivity index (χ2n) is 6.29. The number of anilines is 1. The fourth-order valence-electron chi connectivity index (χ4n) is 2.88. The summed E-state index contributed by atoms with van der Waals surface area (Å²) in [5, 5.41) is 2.69. The summed E-state index contributed by atoms with van der Waals surface area (Å²) in [5.74, 6) is 0.726. The third-order valence-corrected chi connectivity index (χ3v) is 4.13. The summed E-state index contributed by atoms with van der Waals surface area (Å²) in [6.45, 7) is -0.138. The van der Waals surface area contributed by atoms with Gasteiger partial charge < -0.3 is 19.5 Å². The number of likely N-dealkylation sites (N-methyl/N-ethyl adjacent to an activating group) is 1. The van der Waals surface area contributed by atoms with Crippen LogP contribution in [0.15, 0.2) is 36.4 Å². The molecule has 0 radical (unpaired) electrons. The van der Waals surface area contributed by atoms with Gasteiger partial charge in [0.25, 0.3) is 0 Å². The minimum absolute atomic E-state index is 0.0294. The number of methoxy groups -OCH3 is 3. The van der Waals surface area contributed by atoms with Gasteiger partial charge in [0.15, 0.2) is 11.5 Å². The highest BCUT2D eigenvalue weighted by Gasteiger charge is 2.33. The molecule has 0 bridgehead atoms. The summed E-state index contributed by atoms with van der Waals surface area (Å²) in [7, 11) is 5.94. The first-order chi connectivity index (χ1) is 13.7. The van der Waals surface area contributed by atoms with Gasteiger partial charge in [-0.1, -0.05) is 18.2 Å². The van der Waals surface area contributed by atoms with E-state index in [-0.39, 0.29) is 18.7 Å². The molecule has 29 heavy (non-hydrogen) atoms. The number of hydrogen-bond donors (Lipinski definition) is 1. The highest BCUT2D eigenvalue weighted by Crippen LogP contribution is 2.40. The van der Waals surface area contributed by atoms with Crippen molar-refractivity contribution in [1.82, 2.24) is 4.90 Å². The molecule has 0 aliphatic heterocycles. The zero-order valence-corrected chi connectivity index (χ0v) is 16.6. The molecule has 0 aromatic heterocycles. The van der Waals surface area contributed by atoms with Crippen LogP contribution in [0, 0.1) is 0 Å². The molecule has 0 saturated carbocycles. The molecule has 0 fully saturated rings. The third kappa shape index (κ3) is 5.77. The van der Waals surface area contributed by atoms with Crippen LogP contribution in [0.1, 0.15) is 11.1 Å². The summed E-state index contributed by atoms with van der Waals surface area (Å²) < 4.78 is 55.1. The van der Waals surface area contributed by atoms with Gasteiger partial charge in [-0.3, -0.25) is 9.69 Å². The molecule has 1 amide bonds. The number of carbonyl (C=O) groups excluding carboxylic acids is 1. The Kier molecular flexibility index (Phi) is 7.33. The molecule has 0 heterocycles. The molecule has 0 spiro atoms. The number of nitrogens with one attached hydrogen (secondary N) is 1. The summed E-state index contributed by atoms with van der Waals surface area (Å²) in [4.78, 5) is 13.9. The fourth-order valence-corrected chi connectivity index (χ4v) is 2.88. The lowest BCUT2D eigenvalue weighted by molar-refractivity contribution is -0.138. The van der Waals surface area contributed by atoms with Crippen molar-refractivity contribution in [2.45, 2.75) is 12.7 Å². The van der Waals surface area contributed by atoms with Crippen LogP contribution in [-0.2, 0) is 17.5 Å². The normalized spacial score (nSPS) is 11.3. The van der Waals surface area contributed by atoms with E-state index < -0.39 is 17.6 Å². The zero-order valence-electron chi connectivity index (χ0n) is 16.6. The Labute approximate surface area is 167 Å². The van der Waals surface area contributed by atoms with Crippen LogP contribution >= 0.6 is 0 Å². The first-order valence-electron chi connectivity index (χ1n) is 8.63. The SMILES string of the molecule is COc1cc(NC(=O)CN(C)Cc2ccccc2C(F)(F)F)cc(OC)c1OC. The summed E-state index contributed by atoms with van der Waals surface area (Å²) in [6, 6.07) is 8.43. The van der Waals surface area contributed by atoms with Gasteiger partial charge in [-0.15, -0.1) is 0 Å². The standard InChI is InChI=1S/C20H23F3N2O4/c1-25(11-13-7-5-6-8-15(13)20(21,22)23)12-18(26)24-14-9-16(27-2)19(29-4)17(10-14)28-3/h5-10H,11-12H2,1-4H3,(H,24,26). The molecule has 158 valence electrons. The van der Waals surface area contributed by atoms with Crippen LogP contribution < -0.4 is 19.5 Å². The number of benzene rings is 2. The number of nitrogens with zero attached hydrogens (tertiary/aromatic N) is 1. The van der Waals surface area contributed by atoms with Crippen molar-refractivity contribution in [3.63, 3.8) is 0 Å². The Morgan fingerprint density at radius 3 is 2.14 bits per heavy atom. The van der Waals surface area contributed by atoms with Crippen LogP contribution in [0.4, 0.5) is 18.9 Å². The van der Waals surface area contributed by atoms with Crippen molar-refractivity contribution in [1.29, 1.82) is 0 Å². The number of hydrogen-bond acceptors (Lipinski definition) is 5. The number of halogens is 3. The second-order valence-corrected chi connectivity index (χ2v) is 6.29. The first-order valence-corrected chi connectivity index (χ1v) is 8.63. The van der Waals surface area contributed by atoms with Crippen molar-refractivity contribution in [2.75, 3.05) is 40.2 Å². The lowest BCUT2D eigenvalue weighted by Gasteiger charge is -2.20. The largest absolute Gasteiger partial charge is 0.493 e. The highest BCUT2D eigenvalue weighted by molar-refractivity contribution is 5.93. The van der Waals surface area contributed by atoms with Gasteiger partial charge in [-0.25, -0.2) is 0 Å². The highest BCUT2D eigenvalue weighted by atomic mass is 19.4. The average molecular weight is 412 g/mol. The van der Waals surface area contributed by atoms with E-state index in [9.17, 15) is 18.0 Å². The van der Waals surface area contributed by atoms with E-state index in [0.29, 0.717) is 22.9 Å². The third-order valence-electron chi connectivity index (χ3n) is 4.13. The molecular formula is C20H23F3N2O4. The minimum Gasteiger partial charge on any atom is -0.493 e. The van der Waals surface area contributed by atoms with Crippen LogP contribution in [0.3, 0.4) is 0 Å². The van der Waals surface area contributed by atoms with Gasteiger partial charge >= 0.3 is 6.18 Å². The molecule has 0 unspecified atom stereocenters. The average Bonchev–Trinajstić information content (AvgIpc) is 2.66. The maximum Gasteiger partial charge on any atom is 0.416 e. The quantitative estimate of drug-likeness (QED) is 0.715. The Hall–Kier alpha value is -2.94. The zero-order chi connectivity index (χ0) is 21.6. The molecule has 2 aromatic rings. The summed E-state index contributed by atoms with van der Waals surface area (Å²) in [6.07, 6.45) is -4.45. The van der Waals surface area contributed by atoms with Gasteiger partial charge in [0.1, 0.15) is 0 Å². The van der Waals surface area contributed by atoms with E-state index in [1.54, 1.807) is 19.2 Å². The molecule has 1 N–H and O–H groups in total. The predicted octanol–water partition coefficient (Wildman–Crippen LogP) is 3.80. The van der Waals surface area contributed by atoms with E-state index in [4.69, 9.17) is 14.2 Å². The van der Waals surface area contributed by atoms with Crippen molar-refractivity contribution in [3.05, 3.63) is 47.5 Å². The number of rotatable bonds is 8. The van der Waals surface area contributed by atoms with Crippen LogP contribution in [0.25, 0.3) is 0 Å². The van der Waals surface area contributed by atoms with E-state index >= 15 is 0 Å². The first kappa shape index (κ1) is 22.4. The lowest BCUT2D eigenvalue weighted by Crippen LogP contribution is -2.30. The maximum atomic E-state index is 13.1. The Morgan fingerprint density at radius 2 is 1.62 bits per heavy atom. The van der Waals surface area contributed by atoms with E-state index in [0.717, 1.165) is 6.07 Å². The lowest BCUT2D eigenvalue weighted by atomic mass is 10.1.